The Labute approximate surface area is 121 Å². The van der Waals surface area contributed by atoms with Gasteiger partial charge in [0.2, 0.25) is 0 Å². The number of piperidine rings is 1. The lowest BCUT2D eigenvalue weighted by Crippen LogP contribution is -2.38. The second-order valence-electron chi connectivity index (χ2n) is 6.60. The maximum absolute atomic E-state index is 12.3. The summed E-state index contributed by atoms with van der Waals surface area (Å²) in [5.41, 5.74) is 3.03. The lowest BCUT2D eigenvalue weighted by Gasteiger charge is -2.31. The SMILES string of the molecule is C=C1CN(c2ccccc2)CC(=O)/C1=C\CC(C)(C)C. The van der Waals surface area contributed by atoms with Crippen LogP contribution >= 0.6 is 0 Å². The average molecular weight is 269 g/mol. The number of hydrogen-bond acceptors (Lipinski definition) is 2. The minimum Gasteiger partial charge on any atom is -0.359 e. The van der Waals surface area contributed by atoms with Gasteiger partial charge >= 0.3 is 0 Å². The van der Waals surface area contributed by atoms with Gasteiger partial charge in [-0.2, -0.15) is 0 Å². The first-order chi connectivity index (χ1) is 9.37. The highest BCUT2D eigenvalue weighted by Gasteiger charge is 2.25. The monoisotopic (exact) mass is 269 g/mol. The van der Waals surface area contributed by atoms with Gasteiger partial charge < -0.3 is 4.90 Å². The van der Waals surface area contributed by atoms with Crippen molar-refractivity contribution < 1.29 is 4.79 Å². The zero-order valence-electron chi connectivity index (χ0n) is 12.6. The zero-order chi connectivity index (χ0) is 14.8. The summed E-state index contributed by atoms with van der Waals surface area (Å²) in [6.45, 7) is 11.8. The van der Waals surface area contributed by atoms with Crippen LogP contribution in [0.15, 0.2) is 54.1 Å². The van der Waals surface area contributed by atoms with Gasteiger partial charge in [-0.05, 0) is 29.5 Å². The number of hydrogen-bond donors (Lipinski definition) is 0. The Hall–Kier alpha value is -1.83. The van der Waals surface area contributed by atoms with Gasteiger partial charge in [0.25, 0.3) is 0 Å². The van der Waals surface area contributed by atoms with Crippen LogP contribution in [0, 0.1) is 5.41 Å². The molecule has 0 spiro atoms. The first kappa shape index (κ1) is 14.6. The van der Waals surface area contributed by atoms with E-state index < -0.39 is 0 Å². The Kier molecular flexibility index (Phi) is 4.12. The summed E-state index contributed by atoms with van der Waals surface area (Å²) in [6.07, 6.45) is 2.96. The van der Waals surface area contributed by atoms with E-state index in [0.717, 1.165) is 29.8 Å². The van der Waals surface area contributed by atoms with E-state index in [2.05, 4.69) is 38.3 Å². The number of allylic oxidation sites excluding steroid dienone is 1. The van der Waals surface area contributed by atoms with Crippen molar-refractivity contribution in [3.63, 3.8) is 0 Å². The fourth-order valence-corrected chi connectivity index (χ4v) is 2.31. The summed E-state index contributed by atoms with van der Waals surface area (Å²) in [7, 11) is 0. The number of anilines is 1. The lowest BCUT2D eigenvalue weighted by molar-refractivity contribution is -0.114. The highest BCUT2D eigenvalue weighted by molar-refractivity contribution is 6.04. The van der Waals surface area contributed by atoms with Gasteiger partial charge in [0, 0.05) is 17.8 Å². The van der Waals surface area contributed by atoms with Gasteiger partial charge in [-0.1, -0.05) is 51.6 Å². The van der Waals surface area contributed by atoms with Gasteiger partial charge in [-0.15, -0.1) is 0 Å². The largest absolute Gasteiger partial charge is 0.359 e. The van der Waals surface area contributed by atoms with Crippen LogP contribution in [-0.2, 0) is 4.79 Å². The van der Waals surface area contributed by atoms with E-state index in [9.17, 15) is 4.79 Å². The Balaban J connectivity index is 2.13. The molecule has 1 fully saturated rings. The van der Waals surface area contributed by atoms with Crippen LogP contribution in [-0.4, -0.2) is 18.9 Å². The number of rotatable bonds is 2. The molecule has 0 radical (unpaired) electrons. The molecule has 0 N–H and O–H groups in total. The number of Topliss-reactive ketones (excluding diaryl/α,β-unsaturated/α-hetero) is 1. The Morgan fingerprint density at radius 3 is 2.40 bits per heavy atom. The summed E-state index contributed by atoms with van der Waals surface area (Å²) < 4.78 is 0. The number of carbonyl (C=O) groups is 1. The quantitative estimate of drug-likeness (QED) is 0.756. The van der Waals surface area contributed by atoms with Gasteiger partial charge in [-0.3, -0.25) is 4.79 Å². The molecule has 2 nitrogen and oxygen atoms in total. The Morgan fingerprint density at radius 1 is 1.20 bits per heavy atom. The van der Waals surface area contributed by atoms with Gasteiger partial charge in [0.1, 0.15) is 0 Å². The molecular formula is C18H23NO. The number of carbonyl (C=O) groups excluding carboxylic acids is 1. The second kappa shape index (κ2) is 5.66. The van der Waals surface area contributed by atoms with Crippen LogP contribution in [0.2, 0.25) is 0 Å². The van der Waals surface area contributed by atoms with Crippen LogP contribution in [0.25, 0.3) is 0 Å². The predicted octanol–water partition coefficient (Wildman–Crippen LogP) is 3.99. The van der Waals surface area contributed by atoms with Crippen molar-refractivity contribution in [2.45, 2.75) is 27.2 Å². The molecule has 1 heterocycles. The third-order valence-electron chi connectivity index (χ3n) is 3.44. The maximum atomic E-state index is 12.3. The number of benzene rings is 1. The molecule has 0 unspecified atom stereocenters. The molecule has 1 saturated heterocycles. The summed E-state index contributed by atoms with van der Waals surface area (Å²) in [6, 6.07) is 10.0. The average Bonchev–Trinajstić information content (AvgIpc) is 2.37. The molecule has 0 amide bonds. The van der Waals surface area contributed by atoms with E-state index in [0.29, 0.717) is 6.54 Å². The fraction of sp³-hybridized carbons (Fsp3) is 0.389. The van der Waals surface area contributed by atoms with Crippen molar-refractivity contribution in [1.82, 2.24) is 0 Å². The standard InChI is InChI=1S/C18H23NO/c1-14-12-19(15-8-6-5-7-9-15)13-17(20)16(14)10-11-18(2,3)4/h5-10H,1,11-13H2,2-4H3/b16-10-. The van der Waals surface area contributed by atoms with Crippen LogP contribution in [0.3, 0.4) is 0 Å². The Bertz CT molecular complexity index is 514. The predicted molar refractivity (Wildman–Crippen MR) is 85.0 cm³/mol. The molecule has 20 heavy (non-hydrogen) atoms. The highest BCUT2D eigenvalue weighted by atomic mass is 16.1. The molecule has 1 aliphatic rings. The highest BCUT2D eigenvalue weighted by Crippen LogP contribution is 2.26. The van der Waals surface area contributed by atoms with Crippen LogP contribution in [0.1, 0.15) is 27.2 Å². The van der Waals surface area contributed by atoms with Gasteiger partial charge in [0.15, 0.2) is 5.78 Å². The van der Waals surface area contributed by atoms with Crippen LogP contribution in [0.4, 0.5) is 5.69 Å². The molecule has 106 valence electrons. The lowest BCUT2D eigenvalue weighted by atomic mass is 9.88. The molecule has 0 saturated carbocycles. The Morgan fingerprint density at radius 2 is 1.85 bits per heavy atom. The normalized spacial score (nSPS) is 18.8. The zero-order valence-corrected chi connectivity index (χ0v) is 12.6. The van der Waals surface area contributed by atoms with Gasteiger partial charge in [0.05, 0.1) is 6.54 Å². The van der Waals surface area contributed by atoms with E-state index >= 15 is 0 Å². The second-order valence-corrected chi connectivity index (χ2v) is 6.60. The van der Waals surface area contributed by atoms with E-state index in [4.69, 9.17) is 0 Å². The van der Waals surface area contributed by atoms with Crippen molar-refractivity contribution in [3.8, 4) is 0 Å². The molecule has 0 atom stereocenters. The number of nitrogens with zero attached hydrogens (tertiary/aromatic N) is 1. The van der Waals surface area contributed by atoms with Crippen LogP contribution in [0.5, 0.6) is 0 Å². The first-order valence-corrected chi connectivity index (χ1v) is 7.08. The van der Waals surface area contributed by atoms with E-state index in [1.807, 2.05) is 30.3 Å². The molecular weight excluding hydrogens is 246 g/mol. The van der Waals surface area contributed by atoms with Crippen molar-refractivity contribution >= 4 is 11.5 Å². The smallest absolute Gasteiger partial charge is 0.182 e. The minimum atomic E-state index is 0.175. The molecule has 2 heteroatoms. The molecule has 1 aromatic carbocycles. The maximum Gasteiger partial charge on any atom is 0.182 e. The summed E-state index contributed by atoms with van der Waals surface area (Å²) in [5, 5.41) is 0. The summed E-state index contributed by atoms with van der Waals surface area (Å²) >= 11 is 0. The van der Waals surface area contributed by atoms with Crippen molar-refractivity contribution in [2.75, 3.05) is 18.0 Å². The van der Waals surface area contributed by atoms with E-state index in [1.54, 1.807) is 0 Å². The first-order valence-electron chi connectivity index (χ1n) is 7.08. The molecule has 0 aliphatic carbocycles. The van der Waals surface area contributed by atoms with E-state index in [-0.39, 0.29) is 11.2 Å². The fourth-order valence-electron chi connectivity index (χ4n) is 2.31. The number of para-hydroxylation sites is 1. The molecule has 1 aromatic rings. The topological polar surface area (TPSA) is 20.3 Å². The number of ketones is 1. The van der Waals surface area contributed by atoms with Crippen molar-refractivity contribution in [1.29, 1.82) is 0 Å². The molecule has 2 rings (SSSR count). The molecule has 0 bridgehead atoms. The third-order valence-corrected chi connectivity index (χ3v) is 3.44. The molecule has 0 aromatic heterocycles. The van der Waals surface area contributed by atoms with E-state index in [1.165, 1.54) is 0 Å². The molecule has 1 aliphatic heterocycles. The minimum absolute atomic E-state index is 0.175. The third kappa shape index (κ3) is 3.60. The van der Waals surface area contributed by atoms with Crippen molar-refractivity contribution in [3.05, 3.63) is 54.1 Å². The van der Waals surface area contributed by atoms with Crippen LogP contribution < -0.4 is 4.90 Å². The van der Waals surface area contributed by atoms with Crippen molar-refractivity contribution in [2.24, 2.45) is 5.41 Å². The van der Waals surface area contributed by atoms with Gasteiger partial charge in [-0.25, -0.2) is 0 Å². The summed E-state index contributed by atoms with van der Waals surface area (Å²) in [4.78, 5) is 14.4. The summed E-state index contributed by atoms with van der Waals surface area (Å²) in [5.74, 6) is 0.175.